The molecule has 0 spiro atoms. The number of hydrogen-bond acceptors (Lipinski definition) is 4. The van der Waals surface area contributed by atoms with Gasteiger partial charge in [-0.3, -0.25) is 4.79 Å². The van der Waals surface area contributed by atoms with E-state index in [1.165, 1.54) is 12.7 Å². The van der Waals surface area contributed by atoms with E-state index in [4.69, 9.17) is 9.47 Å². The van der Waals surface area contributed by atoms with Crippen molar-refractivity contribution in [1.82, 2.24) is 4.90 Å². The number of aryl methyl sites for hydroxylation is 1. The van der Waals surface area contributed by atoms with Gasteiger partial charge in [0.15, 0.2) is 0 Å². The normalized spacial score (nSPS) is 18.8. The molecule has 0 N–H and O–H groups in total. The molecule has 0 aromatic heterocycles. The van der Waals surface area contributed by atoms with E-state index in [9.17, 15) is 4.79 Å². The van der Waals surface area contributed by atoms with Gasteiger partial charge in [-0.15, -0.1) is 0 Å². The molecular weight excluding hydrogens is 242 g/mol. The Morgan fingerprint density at radius 2 is 2.11 bits per heavy atom. The number of esters is 1. The zero-order valence-electron chi connectivity index (χ0n) is 12.0. The van der Waals surface area contributed by atoms with Crippen LogP contribution in [0.3, 0.4) is 0 Å². The molecule has 0 radical (unpaired) electrons. The van der Waals surface area contributed by atoms with E-state index >= 15 is 0 Å². The van der Waals surface area contributed by atoms with Crippen molar-refractivity contribution >= 4 is 5.97 Å². The van der Waals surface area contributed by atoms with Gasteiger partial charge in [0, 0.05) is 0 Å². The molecule has 1 fully saturated rings. The van der Waals surface area contributed by atoms with Crippen LogP contribution in [0.25, 0.3) is 0 Å². The summed E-state index contributed by atoms with van der Waals surface area (Å²) in [4.78, 5) is 14.3. The van der Waals surface area contributed by atoms with Crippen molar-refractivity contribution in [2.75, 3.05) is 34.4 Å². The van der Waals surface area contributed by atoms with Gasteiger partial charge in [0.25, 0.3) is 0 Å². The Hall–Kier alpha value is -1.39. The van der Waals surface area contributed by atoms with E-state index in [1.54, 1.807) is 0 Å². The molecule has 1 aliphatic heterocycles. The van der Waals surface area contributed by atoms with Crippen LogP contribution < -0.4 is 0 Å². The van der Waals surface area contributed by atoms with Crippen LogP contribution in [0.5, 0.6) is 0 Å². The lowest BCUT2D eigenvalue weighted by molar-refractivity contribution is -0.197. The van der Waals surface area contributed by atoms with Crippen molar-refractivity contribution in [1.29, 1.82) is 0 Å². The van der Waals surface area contributed by atoms with Gasteiger partial charge in [-0.05, 0) is 26.6 Å². The number of rotatable bonds is 4. The summed E-state index contributed by atoms with van der Waals surface area (Å²) < 4.78 is 10.3. The Labute approximate surface area is 114 Å². The number of nitrogens with zero attached hydrogens (tertiary/aromatic N) is 1. The Morgan fingerprint density at radius 3 is 2.53 bits per heavy atom. The summed E-state index contributed by atoms with van der Waals surface area (Å²) in [6, 6.07) is 8.21. The molecule has 19 heavy (non-hydrogen) atoms. The van der Waals surface area contributed by atoms with Gasteiger partial charge in [-0.1, -0.05) is 29.8 Å². The minimum atomic E-state index is -0.591. The fourth-order valence-electron chi connectivity index (χ4n) is 2.86. The lowest BCUT2D eigenvalue weighted by Crippen LogP contribution is -2.57. The second kappa shape index (κ2) is 5.31. The smallest absolute Gasteiger partial charge is 0.318 e. The van der Waals surface area contributed by atoms with Crippen LogP contribution in [0.15, 0.2) is 24.3 Å². The number of hydrogen-bond donors (Lipinski definition) is 0. The quantitative estimate of drug-likeness (QED) is 0.776. The van der Waals surface area contributed by atoms with Crippen LogP contribution in [-0.4, -0.2) is 45.3 Å². The third-order valence-corrected chi connectivity index (χ3v) is 3.71. The zero-order chi connectivity index (χ0) is 14.0. The molecule has 1 heterocycles. The minimum absolute atomic E-state index is 0.0337. The van der Waals surface area contributed by atoms with E-state index < -0.39 is 5.41 Å². The maximum absolute atomic E-state index is 12.2. The van der Waals surface area contributed by atoms with Crippen LogP contribution >= 0.6 is 0 Å². The highest BCUT2D eigenvalue weighted by Crippen LogP contribution is 2.44. The van der Waals surface area contributed by atoms with E-state index in [-0.39, 0.29) is 12.0 Å². The number of methoxy groups -OCH3 is 1. The largest absolute Gasteiger partial charge is 0.468 e. The van der Waals surface area contributed by atoms with Crippen molar-refractivity contribution in [3.8, 4) is 0 Å². The van der Waals surface area contributed by atoms with Crippen molar-refractivity contribution in [2.24, 2.45) is 5.41 Å². The maximum atomic E-state index is 12.2. The number of ether oxygens (including phenoxy) is 2. The minimum Gasteiger partial charge on any atom is -0.468 e. The van der Waals surface area contributed by atoms with Crippen molar-refractivity contribution in [2.45, 2.75) is 13.0 Å². The number of carbonyl (C=O) groups excluding carboxylic acids is 1. The third-order valence-electron chi connectivity index (χ3n) is 3.71. The molecule has 104 valence electrons. The highest BCUT2D eigenvalue weighted by Gasteiger charge is 2.54. The highest BCUT2D eigenvalue weighted by molar-refractivity contribution is 5.79. The highest BCUT2D eigenvalue weighted by atomic mass is 16.5. The lowest BCUT2D eigenvalue weighted by atomic mass is 9.74. The third kappa shape index (κ3) is 2.38. The first kappa shape index (κ1) is 14.0. The molecule has 4 nitrogen and oxygen atoms in total. The Morgan fingerprint density at radius 1 is 1.42 bits per heavy atom. The molecule has 0 bridgehead atoms. The first-order valence-electron chi connectivity index (χ1n) is 6.40. The Balaban J connectivity index is 2.42. The number of carbonyl (C=O) groups is 1. The predicted molar refractivity (Wildman–Crippen MR) is 72.9 cm³/mol. The first-order chi connectivity index (χ1) is 9.01. The molecule has 1 unspecified atom stereocenters. The standard InChI is InChI=1S/C15H21NO3/c1-11-6-5-7-12(8-11)13(16(2)3)15(9-19-10-15)14(17)18-4/h5-8,13H,9-10H2,1-4H3. The SMILES string of the molecule is COC(=O)C1(C(c2cccc(C)c2)N(C)C)COC1. The molecule has 0 amide bonds. The molecule has 1 aromatic rings. The van der Waals surface area contributed by atoms with Gasteiger partial charge in [0.05, 0.1) is 26.4 Å². The summed E-state index contributed by atoms with van der Waals surface area (Å²) in [7, 11) is 5.40. The van der Waals surface area contributed by atoms with E-state index in [2.05, 4.69) is 30.0 Å². The van der Waals surface area contributed by atoms with Crippen molar-refractivity contribution < 1.29 is 14.3 Å². The van der Waals surface area contributed by atoms with E-state index in [0.29, 0.717) is 13.2 Å². The van der Waals surface area contributed by atoms with Crippen LogP contribution in [0.1, 0.15) is 17.2 Å². The molecule has 4 heteroatoms. The van der Waals surface area contributed by atoms with Crippen LogP contribution in [0.4, 0.5) is 0 Å². The topological polar surface area (TPSA) is 38.8 Å². The summed E-state index contributed by atoms with van der Waals surface area (Å²) in [5.74, 6) is -0.195. The van der Waals surface area contributed by atoms with Crippen LogP contribution in [0.2, 0.25) is 0 Å². The summed E-state index contributed by atoms with van der Waals surface area (Å²) in [5, 5.41) is 0. The molecule has 1 saturated heterocycles. The summed E-state index contributed by atoms with van der Waals surface area (Å²) in [5.41, 5.74) is 1.72. The second-order valence-corrected chi connectivity index (χ2v) is 5.42. The number of benzene rings is 1. The van der Waals surface area contributed by atoms with Crippen LogP contribution in [0, 0.1) is 12.3 Å². The van der Waals surface area contributed by atoms with E-state index in [1.807, 2.05) is 20.2 Å². The molecule has 0 saturated carbocycles. The Bertz CT molecular complexity index is 466. The van der Waals surface area contributed by atoms with Gasteiger partial charge < -0.3 is 14.4 Å². The van der Waals surface area contributed by atoms with Gasteiger partial charge in [-0.25, -0.2) is 0 Å². The Kier molecular flexibility index (Phi) is 3.92. The van der Waals surface area contributed by atoms with Crippen molar-refractivity contribution in [3.63, 3.8) is 0 Å². The lowest BCUT2D eigenvalue weighted by Gasteiger charge is -2.47. The van der Waals surface area contributed by atoms with Gasteiger partial charge in [-0.2, -0.15) is 0 Å². The zero-order valence-corrected chi connectivity index (χ0v) is 12.0. The predicted octanol–water partition coefficient (Wildman–Crippen LogP) is 1.79. The monoisotopic (exact) mass is 263 g/mol. The summed E-state index contributed by atoms with van der Waals surface area (Å²) in [6.07, 6.45) is 0. The summed E-state index contributed by atoms with van der Waals surface area (Å²) >= 11 is 0. The molecule has 1 aliphatic rings. The van der Waals surface area contributed by atoms with Gasteiger partial charge in [0.2, 0.25) is 0 Å². The fraction of sp³-hybridized carbons (Fsp3) is 0.533. The molecule has 1 aromatic carbocycles. The van der Waals surface area contributed by atoms with Gasteiger partial charge in [0.1, 0.15) is 5.41 Å². The maximum Gasteiger partial charge on any atom is 0.318 e. The van der Waals surface area contributed by atoms with Crippen LogP contribution in [-0.2, 0) is 14.3 Å². The second-order valence-electron chi connectivity index (χ2n) is 5.42. The van der Waals surface area contributed by atoms with Gasteiger partial charge >= 0.3 is 5.97 Å². The molecular formula is C15H21NO3. The molecule has 2 rings (SSSR count). The average molecular weight is 263 g/mol. The first-order valence-corrected chi connectivity index (χ1v) is 6.40. The molecule has 1 atom stereocenters. The fourth-order valence-corrected chi connectivity index (χ4v) is 2.86. The average Bonchev–Trinajstić information content (AvgIpc) is 2.32. The molecule has 0 aliphatic carbocycles. The van der Waals surface area contributed by atoms with Crippen molar-refractivity contribution in [3.05, 3.63) is 35.4 Å². The summed E-state index contributed by atoms with van der Waals surface area (Å²) in [6.45, 7) is 2.88. The van der Waals surface area contributed by atoms with E-state index in [0.717, 1.165) is 5.56 Å².